The Morgan fingerprint density at radius 1 is 1.08 bits per heavy atom. The van der Waals surface area contributed by atoms with Gasteiger partial charge < -0.3 is 9.80 Å². The van der Waals surface area contributed by atoms with Crippen LogP contribution in [0.2, 0.25) is 0 Å². The molecule has 8 nitrogen and oxygen atoms in total. The molecule has 2 aromatic rings. The van der Waals surface area contributed by atoms with E-state index in [9.17, 15) is 19.3 Å². The number of nitrogens with one attached hydrogen (secondary N) is 2. The van der Waals surface area contributed by atoms with Crippen LogP contribution in [0.25, 0.3) is 0 Å². The molecule has 0 spiro atoms. The first-order valence-electron chi connectivity index (χ1n) is 12.9. The Kier molecular flexibility index (Phi) is 8.88. The van der Waals surface area contributed by atoms with Crippen LogP contribution in [0.3, 0.4) is 0 Å². The quantitative estimate of drug-likeness (QED) is 0.284. The number of nitro groups is 1. The molecule has 2 fully saturated rings. The monoisotopic (exact) mass is 497 g/mol. The highest BCUT2D eigenvalue weighted by molar-refractivity contribution is 5.79. The van der Waals surface area contributed by atoms with Crippen LogP contribution < -0.4 is 15.8 Å². The van der Waals surface area contributed by atoms with E-state index in [4.69, 9.17) is 0 Å². The summed E-state index contributed by atoms with van der Waals surface area (Å²) >= 11 is 0. The Hall–Kier alpha value is -3.04. The van der Waals surface area contributed by atoms with Gasteiger partial charge in [-0.05, 0) is 55.9 Å². The molecule has 2 N–H and O–H groups in total. The van der Waals surface area contributed by atoms with E-state index in [1.54, 1.807) is 12.1 Å². The highest BCUT2D eigenvalue weighted by atomic mass is 19.1. The lowest BCUT2D eigenvalue weighted by atomic mass is 9.94. The van der Waals surface area contributed by atoms with Crippen LogP contribution in [0.5, 0.6) is 0 Å². The number of hydrazine groups is 1. The van der Waals surface area contributed by atoms with Crippen LogP contribution in [0.15, 0.2) is 48.5 Å². The lowest BCUT2D eigenvalue weighted by Crippen LogP contribution is -2.41. The Morgan fingerprint density at radius 3 is 2.53 bits per heavy atom. The smallest absolute Gasteiger partial charge is 0.292 e. The highest BCUT2D eigenvalue weighted by Gasteiger charge is 2.29. The molecule has 2 aromatic carbocycles. The van der Waals surface area contributed by atoms with Crippen molar-refractivity contribution in [1.29, 1.82) is 0 Å². The summed E-state index contributed by atoms with van der Waals surface area (Å²) in [6.45, 7) is 2.05. The van der Waals surface area contributed by atoms with E-state index < -0.39 is 0 Å². The molecule has 2 unspecified atom stereocenters. The summed E-state index contributed by atoms with van der Waals surface area (Å²) in [7, 11) is 1.88. The van der Waals surface area contributed by atoms with Crippen LogP contribution in [0.4, 0.5) is 15.8 Å². The fraction of sp³-hybridized carbons (Fsp3) is 0.519. The predicted molar refractivity (Wildman–Crippen MR) is 138 cm³/mol. The number of rotatable bonds is 10. The molecule has 2 saturated heterocycles. The van der Waals surface area contributed by atoms with E-state index in [1.165, 1.54) is 18.2 Å². The summed E-state index contributed by atoms with van der Waals surface area (Å²) in [6.07, 6.45) is 6.59. The second-order valence-electron chi connectivity index (χ2n) is 9.94. The molecule has 0 aliphatic carbocycles. The number of benzene rings is 2. The molecule has 0 bridgehead atoms. The van der Waals surface area contributed by atoms with E-state index in [1.807, 2.05) is 35.0 Å². The second kappa shape index (κ2) is 12.3. The van der Waals surface area contributed by atoms with Crippen LogP contribution in [-0.4, -0.2) is 48.5 Å². The molecule has 0 radical (unpaired) electrons. The Bertz CT molecular complexity index is 1030. The topological polar surface area (TPSA) is 90.8 Å². The van der Waals surface area contributed by atoms with Crippen molar-refractivity contribution in [1.82, 2.24) is 15.8 Å². The summed E-state index contributed by atoms with van der Waals surface area (Å²) in [6, 6.07) is 14.1. The van der Waals surface area contributed by atoms with Gasteiger partial charge in [0.25, 0.3) is 5.69 Å². The summed E-state index contributed by atoms with van der Waals surface area (Å²) < 4.78 is 13.1. The van der Waals surface area contributed by atoms with Crippen molar-refractivity contribution in [2.45, 2.75) is 57.0 Å². The van der Waals surface area contributed by atoms with E-state index in [0.29, 0.717) is 37.7 Å². The fourth-order valence-electron chi connectivity index (χ4n) is 5.32. The number of halogens is 1. The number of para-hydroxylation sites is 2. The van der Waals surface area contributed by atoms with Crippen molar-refractivity contribution in [3.05, 3.63) is 70.0 Å². The lowest BCUT2D eigenvalue weighted by Gasteiger charge is -2.34. The maximum absolute atomic E-state index is 13.1. The van der Waals surface area contributed by atoms with Crippen LogP contribution in [-0.2, 0) is 4.79 Å². The molecule has 2 aliphatic heterocycles. The summed E-state index contributed by atoms with van der Waals surface area (Å²) in [5.74, 6) is -0.0548. The maximum Gasteiger partial charge on any atom is 0.292 e. The first-order valence-corrected chi connectivity index (χ1v) is 12.9. The third-order valence-corrected chi connectivity index (χ3v) is 7.44. The standard InChI is InChI=1S/C27H36FN5O3/c1-31(16-6-2-3-7-23-19-24(30-29-23)20-10-12-22(28)13-11-20)27(34)21-14-17-32(18-15-21)25-8-4-5-9-26(25)33(35)36/h4-5,8-13,21,23-24,29-30H,2-3,6-7,14-19H2,1H3. The van der Waals surface area contributed by atoms with Gasteiger partial charge in [0.15, 0.2) is 0 Å². The Balaban J connectivity index is 1.12. The molecule has 2 atom stereocenters. The molecule has 4 rings (SSSR count). The van der Waals surface area contributed by atoms with Gasteiger partial charge >= 0.3 is 0 Å². The van der Waals surface area contributed by atoms with E-state index in [-0.39, 0.29) is 34.3 Å². The largest absolute Gasteiger partial charge is 0.366 e. The number of piperidine rings is 1. The highest BCUT2D eigenvalue weighted by Crippen LogP contribution is 2.31. The van der Waals surface area contributed by atoms with Gasteiger partial charge in [-0.15, -0.1) is 0 Å². The minimum Gasteiger partial charge on any atom is -0.366 e. The van der Waals surface area contributed by atoms with Gasteiger partial charge in [0.05, 0.1) is 4.92 Å². The van der Waals surface area contributed by atoms with E-state index in [0.717, 1.165) is 44.2 Å². The third kappa shape index (κ3) is 6.59. The first kappa shape index (κ1) is 26.0. The number of nitro benzene ring substituents is 1. The number of unbranched alkanes of at least 4 members (excludes halogenated alkanes) is 2. The first-order chi connectivity index (χ1) is 17.4. The average Bonchev–Trinajstić information content (AvgIpc) is 3.37. The summed E-state index contributed by atoms with van der Waals surface area (Å²) in [5.41, 5.74) is 8.52. The summed E-state index contributed by atoms with van der Waals surface area (Å²) in [4.78, 5) is 27.8. The zero-order valence-corrected chi connectivity index (χ0v) is 20.9. The number of nitrogens with zero attached hydrogens (tertiary/aromatic N) is 3. The van der Waals surface area contributed by atoms with Crippen molar-refractivity contribution >= 4 is 17.3 Å². The molecule has 2 aliphatic rings. The normalized spacial score (nSPS) is 20.4. The van der Waals surface area contributed by atoms with Gasteiger partial charge in [0.2, 0.25) is 5.91 Å². The van der Waals surface area contributed by atoms with Crippen LogP contribution in [0.1, 0.15) is 56.6 Å². The molecule has 194 valence electrons. The van der Waals surface area contributed by atoms with Crippen molar-refractivity contribution in [3.8, 4) is 0 Å². The minimum atomic E-state index is -0.344. The third-order valence-electron chi connectivity index (χ3n) is 7.44. The molecular weight excluding hydrogens is 461 g/mol. The van der Waals surface area contributed by atoms with Crippen molar-refractivity contribution in [2.75, 3.05) is 31.6 Å². The Morgan fingerprint density at radius 2 is 1.81 bits per heavy atom. The van der Waals surface area contributed by atoms with Crippen LogP contribution >= 0.6 is 0 Å². The minimum absolute atomic E-state index is 0.0221. The SMILES string of the molecule is CN(CCCCCC1CC(c2ccc(F)cc2)NN1)C(=O)C1CCN(c2ccccc2[N+](=O)[O-])CC1. The Labute approximate surface area is 212 Å². The van der Waals surface area contributed by atoms with Gasteiger partial charge in [-0.25, -0.2) is 4.39 Å². The van der Waals surface area contributed by atoms with E-state index in [2.05, 4.69) is 10.9 Å². The molecule has 36 heavy (non-hydrogen) atoms. The second-order valence-corrected chi connectivity index (χ2v) is 9.94. The fourth-order valence-corrected chi connectivity index (χ4v) is 5.32. The number of carbonyl (C=O) groups is 1. The molecule has 1 amide bonds. The number of amides is 1. The lowest BCUT2D eigenvalue weighted by molar-refractivity contribution is -0.384. The average molecular weight is 498 g/mol. The number of hydrogen-bond donors (Lipinski definition) is 2. The molecule has 9 heteroatoms. The predicted octanol–water partition coefficient (Wildman–Crippen LogP) is 4.58. The number of hydrogen-bond acceptors (Lipinski definition) is 6. The van der Waals surface area contributed by atoms with Crippen molar-refractivity contribution < 1.29 is 14.1 Å². The molecule has 2 heterocycles. The van der Waals surface area contributed by atoms with Gasteiger partial charge in [0.1, 0.15) is 11.5 Å². The van der Waals surface area contributed by atoms with Gasteiger partial charge in [-0.2, -0.15) is 0 Å². The number of anilines is 1. The van der Waals surface area contributed by atoms with E-state index >= 15 is 0 Å². The van der Waals surface area contributed by atoms with Gasteiger partial charge in [-0.1, -0.05) is 37.1 Å². The molecular formula is C27H36FN5O3. The van der Waals surface area contributed by atoms with Gasteiger partial charge in [0, 0.05) is 50.7 Å². The van der Waals surface area contributed by atoms with Crippen LogP contribution in [0, 0.1) is 21.8 Å². The van der Waals surface area contributed by atoms with Gasteiger partial charge in [-0.3, -0.25) is 25.8 Å². The number of carbonyl (C=O) groups excluding carboxylic acids is 1. The maximum atomic E-state index is 13.1. The van der Waals surface area contributed by atoms with Crippen molar-refractivity contribution in [3.63, 3.8) is 0 Å². The summed E-state index contributed by atoms with van der Waals surface area (Å²) in [5, 5.41) is 11.3. The molecule has 0 saturated carbocycles. The molecule has 0 aromatic heterocycles. The zero-order valence-electron chi connectivity index (χ0n) is 20.9. The van der Waals surface area contributed by atoms with Crippen molar-refractivity contribution in [2.24, 2.45) is 5.92 Å². The zero-order chi connectivity index (χ0) is 25.5.